The highest BCUT2D eigenvalue weighted by molar-refractivity contribution is 5.85. The molecule has 1 aromatic heterocycles. The maximum atomic E-state index is 6.19. The summed E-state index contributed by atoms with van der Waals surface area (Å²) >= 11 is 0. The Morgan fingerprint density at radius 3 is 2.65 bits per heavy atom. The van der Waals surface area contributed by atoms with Gasteiger partial charge in [0.15, 0.2) is 0 Å². The molecule has 0 aliphatic heterocycles. The van der Waals surface area contributed by atoms with Gasteiger partial charge in [0.25, 0.3) is 0 Å². The number of nitrogens with two attached hydrogens (primary N) is 1. The number of H-pyrrole nitrogens is 1. The quantitative estimate of drug-likeness (QED) is 0.848. The molecule has 17 heavy (non-hydrogen) atoms. The number of halogens is 1. The Morgan fingerprint density at radius 1 is 1.18 bits per heavy atom. The van der Waals surface area contributed by atoms with Gasteiger partial charge in [0.05, 0.1) is 0 Å². The molecule has 0 saturated heterocycles. The summed E-state index contributed by atoms with van der Waals surface area (Å²) in [4.78, 5) is 3.22. The minimum absolute atomic E-state index is 0. The molecule has 94 valence electrons. The average Bonchev–Trinajstić information content (AvgIpc) is 2.72. The van der Waals surface area contributed by atoms with Crippen molar-refractivity contribution in [3.8, 4) is 0 Å². The number of hydrogen-bond donors (Lipinski definition) is 2. The van der Waals surface area contributed by atoms with Crippen molar-refractivity contribution in [1.82, 2.24) is 4.98 Å². The van der Waals surface area contributed by atoms with Crippen molar-refractivity contribution >= 4 is 23.3 Å². The zero-order valence-corrected chi connectivity index (χ0v) is 11.3. The van der Waals surface area contributed by atoms with Crippen molar-refractivity contribution in [3.63, 3.8) is 0 Å². The molecule has 0 saturated carbocycles. The third kappa shape index (κ3) is 3.48. The first-order chi connectivity index (χ1) is 7.66. The van der Waals surface area contributed by atoms with E-state index in [1.54, 1.807) is 0 Å². The van der Waals surface area contributed by atoms with Crippen molar-refractivity contribution in [1.29, 1.82) is 0 Å². The second kappa shape index (κ2) is 6.08. The minimum atomic E-state index is 0. The highest BCUT2D eigenvalue weighted by Gasteiger charge is 2.07. The molecule has 0 unspecified atom stereocenters. The Balaban J connectivity index is 0.00000144. The summed E-state index contributed by atoms with van der Waals surface area (Å²) in [5.74, 6) is 0.722. The topological polar surface area (TPSA) is 41.8 Å². The number of nitrogens with one attached hydrogen (secondary N) is 1. The summed E-state index contributed by atoms with van der Waals surface area (Å²) in [6.07, 6.45) is 4.21. The monoisotopic (exact) mass is 252 g/mol. The third-order valence-electron chi connectivity index (χ3n) is 3.06. The standard InChI is InChI=1S/C14H20N2.ClH/c1-10(2)3-6-13(15)12-5-4-11-7-8-16-14(11)9-12;/h4-5,7-10,13,16H,3,6,15H2,1-2H3;1H/t13-;/m1./s1. The largest absolute Gasteiger partial charge is 0.361 e. The van der Waals surface area contributed by atoms with Crippen LogP contribution in [0.5, 0.6) is 0 Å². The van der Waals surface area contributed by atoms with Crippen molar-refractivity contribution in [2.45, 2.75) is 32.7 Å². The zero-order chi connectivity index (χ0) is 11.5. The molecule has 0 fully saturated rings. The van der Waals surface area contributed by atoms with Crippen molar-refractivity contribution in [3.05, 3.63) is 36.0 Å². The number of rotatable bonds is 4. The van der Waals surface area contributed by atoms with Crippen LogP contribution in [-0.4, -0.2) is 4.98 Å². The van der Waals surface area contributed by atoms with Crippen LogP contribution in [0.15, 0.2) is 30.5 Å². The molecular formula is C14H21ClN2. The first-order valence-corrected chi connectivity index (χ1v) is 5.99. The fraction of sp³-hybridized carbons (Fsp3) is 0.429. The highest BCUT2D eigenvalue weighted by atomic mass is 35.5. The van der Waals surface area contributed by atoms with Gasteiger partial charge in [0.2, 0.25) is 0 Å². The summed E-state index contributed by atoms with van der Waals surface area (Å²) < 4.78 is 0. The molecule has 2 aromatic rings. The Bertz CT molecular complexity index is 462. The molecule has 2 rings (SSSR count). The third-order valence-corrected chi connectivity index (χ3v) is 3.06. The normalized spacial score (nSPS) is 12.7. The van der Waals surface area contributed by atoms with Crippen LogP contribution in [0.25, 0.3) is 10.9 Å². The highest BCUT2D eigenvalue weighted by Crippen LogP contribution is 2.22. The lowest BCUT2D eigenvalue weighted by Crippen LogP contribution is -2.11. The van der Waals surface area contributed by atoms with E-state index >= 15 is 0 Å². The van der Waals surface area contributed by atoms with Crippen LogP contribution in [0.3, 0.4) is 0 Å². The van der Waals surface area contributed by atoms with E-state index in [4.69, 9.17) is 5.73 Å². The van der Waals surface area contributed by atoms with E-state index in [2.05, 4.69) is 43.1 Å². The van der Waals surface area contributed by atoms with E-state index < -0.39 is 0 Å². The van der Waals surface area contributed by atoms with Gasteiger partial charge >= 0.3 is 0 Å². The number of fused-ring (bicyclic) bond motifs is 1. The first-order valence-electron chi connectivity index (χ1n) is 5.99. The van der Waals surface area contributed by atoms with Crippen LogP contribution in [-0.2, 0) is 0 Å². The molecule has 1 heterocycles. The van der Waals surface area contributed by atoms with Crippen LogP contribution in [0.2, 0.25) is 0 Å². The lowest BCUT2D eigenvalue weighted by Gasteiger charge is -2.13. The predicted octanol–water partition coefficient (Wildman–Crippen LogP) is 4.03. The van der Waals surface area contributed by atoms with Gasteiger partial charge < -0.3 is 10.7 Å². The maximum absolute atomic E-state index is 6.19. The summed E-state index contributed by atoms with van der Waals surface area (Å²) in [5, 5.41) is 1.25. The van der Waals surface area contributed by atoms with Crippen LogP contribution in [0.4, 0.5) is 0 Å². The average molecular weight is 253 g/mol. The van der Waals surface area contributed by atoms with Crippen molar-refractivity contribution < 1.29 is 0 Å². The van der Waals surface area contributed by atoms with Crippen molar-refractivity contribution in [2.24, 2.45) is 11.7 Å². The van der Waals surface area contributed by atoms with E-state index in [0.29, 0.717) is 0 Å². The van der Waals surface area contributed by atoms with Gasteiger partial charge in [0.1, 0.15) is 0 Å². The Hall–Kier alpha value is -0.990. The van der Waals surface area contributed by atoms with E-state index in [-0.39, 0.29) is 18.4 Å². The zero-order valence-electron chi connectivity index (χ0n) is 10.4. The van der Waals surface area contributed by atoms with Crippen LogP contribution in [0, 0.1) is 5.92 Å². The van der Waals surface area contributed by atoms with E-state index in [9.17, 15) is 0 Å². The number of aromatic amines is 1. The second-order valence-corrected chi connectivity index (χ2v) is 4.90. The van der Waals surface area contributed by atoms with Crippen molar-refractivity contribution in [2.75, 3.05) is 0 Å². The predicted molar refractivity (Wildman–Crippen MR) is 76.5 cm³/mol. The molecule has 3 heteroatoms. The van der Waals surface area contributed by atoms with Gasteiger partial charge in [-0.25, -0.2) is 0 Å². The van der Waals surface area contributed by atoms with Gasteiger partial charge in [-0.05, 0) is 41.8 Å². The summed E-state index contributed by atoms with van der Waals surface area (Å²) in [6, 6.07) is 8.69. The van der Waals surface area contributed by atoms with Gasteiger partial charge in [-0.1, -0.05) is 26.0 Å². The Kier molecular flexibility index (Phi) is 5.03. The van der Waals surface area contributed by atoms with Crippen LogP contribution in [0.1, 0.15) is 38.3 Å². The lowest BCUT2D eigenvalue weighted by atomic mass is 9.98. The summed E-state index contributed by atoms with van der Waals surface area (Å²) in [5.41, 5.74) is 8.60. The fourth-order valence-electron chi connectivity index (χ4n) is 1.98. The van der Waals surface area contributed by atoms with E-state index in [1.807, 2.05) is 6.20 Å². The lowest BCUT2D eigenvalue weighted by molar-refractivity contribution is 0.507. The van der Waals surface area contributed by atoms with Gasteiger partial charge in [0, 0.05) is 17.8 Å². The molecule has 3 N–H and O–H groups in total. The molecule has 0 amide bonds. The SMILES string of the molecule is CC(C)CC[C@@H](N)c1ccc2cc[nH]c2c1.Cl. The minimum Gasteiger partial charge on any atom is -0.361 e. The molecular weight excluding hydrogens is 232 g/mol. The molecule has 0 aliphatic carbocycles. The van der Waals surface area contributed by atoms with Gasteiger partial charge in [-0.3, -0.25) is 0 Å². The molecule has 0 spiro atoms. The number of hydrogen-bond acceptors (Lipinski definition) is 1. The molecule has 2 nitrogen and oxygen atoms in total. The second-order valence-electron chi connectivity index (χ2n) is 4.90. The van der Waals surface area contributed by atoms with Gasteiger partial charge in [-0.2, -0.15) is 0 Å². The fourth-order valence-corrected chi connectivity index (χ4v) is 1.98. The molecule has 0 aliphatic rings. The first kappa shape index (κ1) is 14.1. The molecule has 0 radical (unpaired) electrons. The van der Waals surface area contributed by atoms with E-state index in [1.165, 1.54) is 22.9 Å². The van der Waals surface area contributed by atoms with E-state index in [0.717, 1.165) is 12.3 Å². The summed E-state index contributed by atoms with van der Waals surface area (Å²) in [6.45, 7) is 4.47. The van der Waals surface area contributed by atoms with Crippen LogP contribution >= 0.6 is 12.4 Å². The molecule has 1 aromatic carbocycles. The number of benzene rings is 1. The van der Waals surface area contributed by atoms with Gasteiger partial charge in [-0.15, -0.1) is 12.4 Å². The Labute approximate surface area is 109 Å². The molecule has 1 atom stereocenters. The maximum Gasteiger partial charge on any atom is 0.0457 e. The Morgan fingerprint density at radius 2 is 1.94 bits per heavy atom. The summed E-state index contributed by atoms with van der Waals surface area (Å²) in [7, 11) is 0. The number of aromatic nitrogens is 1. The smallest absolute Gasteiger partial charge is 0.0457 e. The molecule has 0 bridgehead atoms. The van der Waals surface area contributed by atoms with Crippen LogP contribution < -0.4 is 5.73 Å².